The molecule has 1 atom stereocenters. The summed E-state index contributed by atoms with van der Waals surface area (Å²) in [6.45, 7) is 7.90. The number of imidazole rings is 1. The molecule has 0 saturated carbocycles. The minimum Gasteiger partial charge on any atom is -0.444 e. The Hall–Kier alpha value is -3.01. The first-order valence-electron chi connectivity index (χ1n) is 8.41. The summed E-state index contributed by atoms with van der Waals surface area (Å²) < 4.78 is 7.28. The quantitative estimate of drug-likeness (QED) is 0.833. The number of nitriles is 1. The number of carbonyl (C=O) groups is 1. The van der Waals surface area contributed by atoms with Gasteiger partial charge in [0.2, 0.25) is 0 Å². The van der Waals surface area contributed by atoms with Crippen LogP contribution in [0.25, 0.3) is 0 Å². The van der Waals surface area contributed by atoms with Crippen molar-refractivity contribution in [2.45, 2.75) is 46.0 Å². The fraction of sp³-hybridized carbons (Fsp3) is 0.421. The van der Waals surface area contributed by atoms with Gasteiger partial charge in [0.05, 0.1) is 30.2 Å². The van der Waals surface area contributed by atoms with E-state index in [0.29, 0.717) is 12.1 Å². The predicted molar refractivity (Wildman–Crippen MR) is 99.4 cm³/mol. The summed E-state index contributed by atoms with van der Waals surface area (Å²) in [5.74, 6) is 0. The number of hydrogen-bond acceptors (Lipinski definition) is 5. The van der Waals surface area contributed by atoms with Gasteiger partial charge < -0.3 is 19.5 Å². The van der Waals surface area contributed by atoms with E-state index >= 15 is 0 Å². The second-order valence-corrected chi connectivity index (χ2v) is 7.10. The highest BCUT2D eigenvalue weighted by molar-refractivity contribution is 5.68. The predicted octanol–water partition coefficient (Wildman–Crippen LogP) is 3.17. The molecular formula is C19H25N5O2. The molecule has 2 rings (SSSR count). The third kappa shape index (κ3) is 5.24. The molecule has 1 aromatic heterocycles. The van der Waals surface area contributed by atoms with E-state index < -0.39 is 11.7 Å². The molecule has 0 aliphatic carbocycles. The van der Waals surface area contributed by atoms with Crippen LogP contribution in [0.1, 0.15) is 39.0 Å². The lowest BCUT2D eigenvalue weighted by Crippen LogP contribution is -2.48. The summed E-state index contributed by atoms with van der Waals surface area (Å²) in [5.41, 5.74) is 1.90. The van der Waals surface area contributed by atoms with E-state index in [4.69, 9.17) is 10.00 Å². The number of ether oxygens (including phenoxy) is 1. The molecule has 0 spiro atoms. The first-order valence-corrected chi connectivity index (χ1v) is 8.41. The maximum absolute atomic E-state index is 12.2. The maximum Gasteiger partial charge on any atom is 0.409 e. The van der Waals surface area contributed by atoms with Gasteiger partial charge in [0.25, 0.3) is 0 Å². The van der Waals surface area contributed by atoms with Crippen molar-refractivity contribution in [2.75, 3.05) is 4.90 Å². The highest BCUT2D eigenvalue weighted by atomic mass is 16.6. The number of benzene rings is 1. The minimum absolute atomic E-state index is 0.326. The summed E-state index contributed by atoms with van der Waals surface area (Å²) in [6, 6.07) is 9.35. The fourth-order valence-corrected chi connectivity index (χ4v) is 2.45. The van der Waals surface area contributed by atoms with Crippen molar-refractivity contribution < 1.29 is 9.53 Å². The van der Waals surface area contributed by atoms with Crippen LogP contribution in [0.5, 0.6) is 0 Å². The van der Waals surface area contributed by atoms with Crippen LogP contribution in [0.4, 0.5) is 10.5 Å². The molecule has 0 radical (unpaired) electrons. The van der Waals surface area contributed by atoms with Crippen molar-refractivity contribution >= 4 is 11.8 Å². The first kappa shape index (κ1) is 19.3. The average molecular weight is 355 g/mol. The van der Waals surface area contributed by atoms with E-state index in [9.17, 15) is 4.79 Å². The fourth-order valence-electron chi connectivity index (χ4n) is 2.45. The van der Waals surface area contributed by atoms with Crippen LogP contribution in [0.15, 0.2) is 36.8 Å². The van der Waals surface area contributed by atoms with Gasteiger partial charge in [-0.1, -0.05) is 0 Å². The van der Waals surface area contributed by atoms with Gasteiger partial charge in [-0.2, -0.15) is 5.26 Å². The Labute approximate surface area is 154 Å². The number of amides is 1. The molecule has 26 heavy (non-hydrogen) atoms. The lowest BCUT2D eigenvalue weighted by atomic mass is 10.2. The van der Waals surface area contributed by atoms with E-state index in [1.807, 2.05) is 56.3 Å². The van der Waals surface area contributed by atoms with E-state index in [-0.39, 0.29) is 6.17 Å². The third-order valence-corrected chi connectivity index (χ3v) is 3.77. The van der Waals surface area contributed by atoms with Gasteiger partial charge in [-0.3, -0.25) is 0 Å². The number of nitrogens with zero attached hydrogens (tertiary/aromatic N) is 4. The normalized spacial score (nSPS) is 12.2. The largest absolute Gasteiger partial charge is 0.444 e. The Morgan fingerprint density at radius 2 is 2.04 bits per heavy atom. The van der Waals surface area contributed by atoms with Crippen LogP contribution in [0, 0.1) is 11.3 Å². The standard InChI is InChI=1S/C19H25N5O2/c1-14(22-18(25)26-19(2,3)4)24(12-17-11-21-13-23(17)5)16-8-6-15(10-20)7-9-16/h6-9,11,13-14H,12H2,1-5H3,(H,22,25). The number of hydrogen-bond donors (Lipinski definition) is 1. The zero-order valence-electron chi connectivity index (χ0n) is 15.9. The Balaban J connectivity index is 2.22. The Morgan fingerprint density at radius 1 is 1.38 bits per heavy atom. The van der Waals surface area contributed by atoms with Gasteiger partial charge >= 0.3 is 6.09 Å². The number of rotatable bonds is 5. The van der Waals surface area contributed by atoms with Crippen molar-refractivity contribution in [2.24, 2.45) is 7.05 Å². The number of aromatic nitrogens is 2. The molecule has 1 N–H and O–H groups in total. The Morgan fingerprint density at radius 3 is 2.54 bits per heavy atom. The van der Waals surface area contributed by atoms with E-state index in [1.54, 1.807) is 24.7 Å². The molecule has 1 amide bonds. The van der Waals surface area contributed by atoms with Crippen LogP contribution in [-0.4, -0.2) is 27.4 Å². The summed E-state index contributed by atoms with van der Waals surface area (Å²) in [5, 5.41) is 11.9. The van der Waals surface area contributed by atoms with Gasteiger partial charge in [-0.05, 0) is 52.0 Å². The molecular weight excluding hydrogens is 330 g/mol. The van der Waals surface area contributed by atoms with Crippen molar-refractivity contribution in [1.82, 2.24) is 14.9 Å². The van der Waals surface area contributed by atoms with Crippen molar-refractivity contribution in [3.63, 3.8) is 0 Å². The van der Waals surface area contributed by atoms with E-state index in [0.717, 1.165) is 11.4 Å². The Kier molecular flexibility index (Phi) is 5.88. The summed E-state index contributed by atoms with van der Waals surface area (Å²) in [4.78, 5) is 18.3. The second kappa shape index (κ2) is 7.91. The van der Waals surface area contributed by atoms with Crippen LogP contribution >= 0.6 is 0 Å². The summed E-state index contributed by atoms with van der Waals surface area (Å²) >= 11 is 0. The van der Waals surface area contributed by atoms with Gasteiger partial charge in [-0.25, -0.2) is 9.78 Å². The molecule has 1 aromatic carbocycles. The van der Waals surface area contributed by atoms with Crippen molar-refractivity contribution in [3.05, 3.63) is 48.0 Å². The minimum atomic E-state index is -0.564. The van der Waals surface area contributed by atoms with Gasteiger partial charge in [0.1, 0.15) is 11.8 Å². The second-order valence-electron chi connectivity index (χ2n) is 7.10. The first-order chi connectivity index (χ1) is 12.2. The maximum atomic E-state index is 12.2. The Bertz CT molecular complexity index is 783. The summed E-state index contributed by atoms with van der Waals surface area (Å²) in [6.07, 6.45) is 2.72. The lowest BCUT2D eigenvalue weighted by molar-refractivity contribution is 0.0507. The number of alkyl carbamates (subject to hydrolysis) is 1. The highest BCUT2D eigenvalue weighted by Crippen LogP contribution is 2.20. The number of carbonyl (C=O) groups excluding carboxylic acids is 1. The lowest BCUT2D eigenvalue weighted by Gasteiger charge is -2.32. The average Bonchev–Trinajstić information content (AvgIpc) is 2.95. The van der Waals surface area contributed by atoms with E-state index in [1.165, 1.54) is 0 Å². The number of anilines is 1. The molecule has 0 aliphatic rings. The molecule has 2 aromatic rings. The highest BCUT2D eigenvalue weighted by Gasteiger charge is 2.22. The molecule has 7 heteroatoms. The molecule has 1 unspecified atom stereocenters. The molecule has 0 bridgehead atoms. The summed E-state index contributed by atoms with van der Waals surface area (Å²) in [7, 11) is 1.92. The number of nitrogens with one attached hydrogen (secondary N) is 1. The van der Waals surface area contributed by atoms with Gasteiger partial charge in [0.15, 0.2) is 0 Å². The van der Waals surface area contributed by atoms with Crippen LogP contribution < -0.4 is 10.2 Å². The van der Waals surface area contributed by atoms with Crippen molar-refractivity contribution in [1.29, 1.82) is 5.26 Å². The number of aryl methyl sites for hydroxylation is 1. The monoisotopic (exact) mass is 355 g/mol. The molecule has 0 fully saturated rings. The topological polar surface area (TPSA) is 83.2 Å². The third-order valence-electron chi connectivity index (χ3n) is 3.77. The zero-order valence-corrected chi connectivity index (χ0v) is 15.9. The molecule has 0 saturated heterocycles. The smallest absolute Gasteiger partial charge is 0.409 e. The van der Waals surface area contributed by atoms with Crippen LogP contribution in [0.3, 0.4) is 0 Å². The molecule has 1 heterocycles. The van der Waals surface area contributed by atoms with Gasteiger partial charge in [0, 0.05) is 18.9 Å². The van der Waals surface area contributed by atoms with Crippen LogP contribution in [0.2, 0.25) is 0 Å². The SMILES string of the molecule is CC(NC(=O)OC(C)(C)C)N(Cc1cncn1C)c1ccc(C#N)cc1. The van der Waals surface area contributed by atoms with Gasteiger partial charge in [-0.15, -0.1) is 0 Å². The molecule has 138 valence electrons. The zero-order chi connectivity index (χ0) is 19.3. The molecule has 7 nitrogen and oxygen atoms in total. The molecule has 0 aliphatic heterocycles. The van der Waals surface area contributed by atoms with Crippen LogP contribution in [-0.2, 0) is 18.3 Å². The van der Waals surface area contributed by atoms with E-state index in [2.05, 4.69) is 16.4 Å². The van der Waals surface area contributed by atoms with Crippen molar-refractivity contribution in [3.8, 4) is 6.07 Å².